The predicted molar refractivity (Wildman–Crippen MR) is 139 cm³/mol. The van der Waals surface area contributed by atoms with E-state index >= 15 is 0 Å². The van der Waals surface area contributed by atoms with Crippen molar-refractivity contribution in [2.75, 3.05) is 11.1 Å². The lowest BCUT2D eigenvalue weighted by Gasteiger charge is -2.11. The van der Waals surface area contributed by atoms with Crippen molar-refractivity contribution in [2.24, 2.45) is 5.73 Å². The molecule has 0 saturated carbocycles. The molecule has 0 bridgehead atoms. The van der Waals surface area contributed by atoms with Gasteiger partial charge in [0, 0.05) is 6.54 Å². The van der Waals surface area contributed by atoms with Crippen molar-refractivity contribution < 1.29 is 23.9 Å². The molecule has 0 aliphatic rings. The highest BCUT2D eigenvalue weighted by molar-refractivity contribution is 7.99. The molecule has 0 atom stereocenters. The maximum Gasteiger partial charge on any atom is 0.341 e. The molecule has 0 radical (unpaired) electrons. The number of ether oxygens (including phenoxy) is 2. The number of thioether (sulfide) groups is 1. The molecule has 0 aliphatic carbocycles. The van der Waals surface area contributed by atoms with Crippen molar-refractivity contribution in [1.82, 2.24) is 14.8 Å². The van der Waals surface area contributed by atoms with Gasteiger partial charge in [0.1, 0.15) is 17.4 Å². The van der Waals surface area contributed by atoms with Crippen molar-refractivity contribution in [3.8, 4) is 5.75 Å². The van der Waals surface area contributed by atoms with Crippen molar-refractivity contribution in [1.29, 1.82) is 0 Å². The fourth-order valence-corrected chi connectivity index (χ4v) is 5.28. The summed E-state index contributed by atoms with van der Waals surface area (Å²) in [5.41, 5.74) is 5.93. The number of esters is 1. The third-order valence-electron chi connectivity index (χ3n) is 4.81. The Morgan fingerprint density at radius 3 is 2.61 bits per heavy atom. The Morgan fingerprint density at radius 1 is 1.25 bits per heavy atom. The minimum Gasteiger partial charge on any atom is -0.484 e. The van der Waals surface area contributed by atoms with E-state index in [9.17, 15) is 14.4 Å². The van der Waals surface area contributed by atoms with Crippen LogP contribution in [-0.4, -0.2) is 44.4 Å². The minimum atomic E-state index is -0.687. The summed E-state index contributed by atoms with van der Waals surface area (Å²) < 4.78 is 12.9. The number of anilines is 1. The molecule has 36 heavy (non-hydrogen) atoms. The fraction of sp³-hybridized carbons (Fsp3) is 0.348. The van der Waals surface area contributed by atoms with Crippen LogP contribution in [-0.2, 0) is 22.7 Å². The van der Waals surface area contributed by atoms with Crippen LogP contribution in [0.25, 0.3) is 0 Å². The molecular weight excluding hydrogens is 526 g/mol. The Balaban J connectivity index is 1.69. The summed E-state index contributed by atoms with van der Waals surface area (Å²) in [7, 11) is 0. The number of hydrogen-bond acceptors (Lipinski definition) is 9. The van der Waals surface area contributed by atoms with Crippen LogP contribution in [0.3, 0.4) is 0 Å². The molecule has 13 heteroatoms. The molecule has 2 amide bonds. The van der Waals surface area contributed by atoms with Gasteiger partial charge in [0.25, 0.3) is 5.91 Å². The van der Waals surface area contributed by atoms with Crippen LogP contribution in [0.15, 0.2) is 29.4 Å². The first-order valence-electron chi connectivity index (χ1n) is 11.0. The normalized spacial score (nSPS) is 10.9. The van der Waals surface area contributed by atoms with Crippen LogP contribution >= 0.6 is 34.7 Å². The molecule has 0 fully saturated rings. The largest absolute Gasteiger partial charge is 0.484 e. The van der Waals surface area contributed by atoms with E-state index < -0.39 is 17.8 Å². The monoisotopic (exact) mass is 551 g/mol. The van der Waals surface area contributed by atoms with Crippen LogP contribution in [0.5, 0.6) is 5.75 Å². The lowest BCUT2D eigenvalue weighted by molar-refractivity contribution is -0.113. The van der Waals surface area contributed by atoms with Gasteiger partial charge in [-0.3, -0.25) is 9.59 Å². The standard InChI is InChI=1S/C23H26ClN5O5S2/c1-5-29-16(10-33-15-9-7-6-8-14(15)24)27-28-23(29)35-11-17(30)26-21-18(22(32)34-12(2)3)13(4)19(36-21)20(25)31/h6-9,12H,5,10-11H2,1-4H3,(H2,25,31)(H,26,30). The molecule has 192 valence electrons. The average molecular weight is 552 g/mol. The van der Waals surface area contributed by atoms with Crippen LogP contribution < -0.4 is 15.8 Å². The molecule has 0 saturated heterocycles. The Kier molecular flexibility index (Phi) is 9.35. The number of carbonyl (C=O) groups is 3. The first kappa shape index (κ1) is 27.5. The van der Waals surface area contributed by atoms with E-state index in [2.05, 4.69) is 15.5 Å². The van der Waals surface area contributed by atoms with E-state index in [0.717, 1.165) is 11.3 Å². The van der Waals surface area contributed by atoms with Crippen molar-refractivity contribution in [3.63, 3.8) is 0 Å². The Morgan fingerprint density at radius 2 is 1.97 bits per heavy atom. The second-order valence-corrected chi connectivity index (χ2v) is 10.1. The van der Waals surface area contributed by atoms with E-state index in [-0.39, 0.29) is 33.9 Å². The number of nitrogens with one attached hydrogen (secondary N) is 1. The number of nitrogens with two attached hydrogens (primary N) is 1. The second kappa shape index (κ2) is 12.2. The molecule has 0 aliphatic heterocycles. The van der Waals surface area contributed by atoms with Crippen molar-refractivity contribution >= 4 is 57.5 Å². The number of para-hydroxylation sites is 1. The summed E-state index contributed by atoms with van der Waals surface area (Å²) in [5.74, 6) is -0.608. The molecule has 1 aromatic carbocycles. The van der Waals surface area contributed by atoms with Crippen LogP contribution in [0.1, 0.15) is 52.2 Å². The molecule has 10 nitrogen and oxygen atoms in total. The van der Waals surface area contributed by atoms with E-state index in [1.807, 2.05) is 23.6 Å². The molecule has 3 rings (SSSR count). The van der Waals surface area contributed by atoms with Crippen LogP contribution in [0.2, 0.25) is 5.02 Å². The maximum absolute atomic E-state index is 12.7. The lowest BCUT2D eigenvalue weighted by Crippen LogP contribution is -2.18. The van der Waals surface area contributed by atoms with Gasteiger partial charge in [-0.15, -0.1) is 21.5 Å². The number of aromatic nitrogens is 3. The highest BCUT2D eigenvalue weighted by Crippen LogP contribution is 2.34. The number of amides is 2. The first-order chi connectivity index (χ1) is 17.1. The van der Waals surface area contributed by atoms with Gasteiger partial charge >= 0.3 is 5.97 Å². The number of benzene rings is 1. The fourth-order valence-electron chi connectivity index (χ4n) is 3.20. The summed E-state index contributed by atoms with van der Waals surface area (Å²) >= 11 is 8.25. The maximum atomic E-state index is 12.7. The van der Waals surface area contributed by atoms with Crippen molar-refractivity contribution in [2.45, 2.75) is 52.1 Å². The van der Waals surface area contributed by atoms with Gasteiger partial charge in [0.05, 0.1) is 27.3 Å². The molecule has 2 aromatic heterocycles. The SMILES string of the molecule is CCn1c(COc2ccccc2Cl)nnc1SCC(=O)Nc1sc(C(N)=O)c(C)c1C(=O)OC(C)C. The zero-order chi connectivity index (χ0) is 26.4. The predicted octanol–water partition coefficient (Wildman–Crippen LogP) is 4.30. The number of nitrogens with zero attached hydrogens (tertiary/aromatic N) is 3. The highest BCUT2D eigenvalue weighted by Gasteiger charge is 2.26. The summed E-state index contributed by atoms with van der Waals surface area (Å²) in [6, 6.07) is 7.12. The van der Waals surface area contributed by atoms with Gasteiger partial charge in [-0.2, -0.15) is 0 Å². The minimum absolute atomic E-state index is 0.00890. The lowest BCUT2D eigenvalue weighted by atomic mass is 10.1. The number of thiophene rings is 1. The van der Waals surface area contributed by atoms with Gasteiger partial charge in [-0.05, 0) is 45.4 Å². The molecule has 2 heterocycles. The third-order valence-corrected chi connectivity index (χ3v) is 7.31. The van der Waals surface area contributed by atoms with E-state index in [0.29, 0.717) is 33.9 Å². The Bertz CT molecular complexity index is 1270. The van der Waals surface area contributed by atoms with E-state index in [1.165, 1.54) is 11.8 Å². The van der Waals surface area contributed by atoms with E-state index in [1.54, 1.807) is 32.9 Å². The summed E-state index contributed by atoms with van der Waals surface area (Å²) in [6.07, 6.45) is -0.371. The first-order valence-corrected chi connectivity index (χ1v) is 13.2. The summed E-state index contributed by atoms with van der Waals surface area (Å²) in [5, 5.41) is 12.3. The Hall–Kier alpha value is -3.09. The highest BCUT2D eigenvalue weighted by atomic mass is 35.5. The zero-order valence-electron chi connectivity index (χ0n) is 20.2. The van der Waals surface area contributed by atoms with Gasteiger partial charge in [0.15, 0.2) is 11.0 Å². The number of rotatable bonds is 11. The van der Waals surface area contributed by atoms with Crippen LogP contribution in [0, 0.1) is 6.92 Å². The molecular formula is C23H26ClN5O5S2. The topological polar surface area (TPSA) is 138 Å². The number of hydrogen-bond donors (Lipinski definition) is 2. The third kappa shape index (κ3) is 6.56. The average Bonchev–Trinajstić information content (AvgIpc) is 3.36. The number of halogens is 1. The smallest absolute Gasteiger partial charge is 0.341 e. The molecule has 3 N–H and O–H groups in total. The van der Waals surface area contributed by atoms with Gasteiger partial charge < -0.3 is 25.1 Å². The zero-order valence-corrected chi connectivity index (χ0v) is 22.6. The van der Waals surface area contributed by atoms with Gasteiger partial charge in [-0.1, -0.05) is 35.5 Å². The number of carbonyl (C=O) groups excluding carboxylic acids is 3. The molecule has 3 aromatic rings. The van der Waals surface area contributed by atoms with Gasteiger partial charge in [-0.25, -0.2) is 4.79 Å². The summed E-state index contributed by atoms with van der Waals surface area (Å²) in [4.78, 5) is 37.3. The molecule has 0 spiro atoms. The van der Waals surface area contributed by atoms with Crippen LogP contribution in [0.4, 0.5) is 5.00 Å². The second-order valence-electron chi connectivity index (χ2n) is 7.78. The van der Waals surface area contributed by atoms with E-state index in [4.69, 9.17) is 26.8 Å². The Labute approximate surface area is 221 Å². The summed E-state index contributed by atoms with van der Waals surface area (Å²) in [6.45, 7) is 7.66. The number of primary amides is 1. The quantitative estimate of drug-likeness (QED) is 0.266. The van der Waals surface area contributed by atoms with Gasteiger partial charge in [0.2, 0.25) is 5.91 Å². The molecule has 0 unspecified atom stereocenters. The van der Waals surface area contributed by atoms with Crippen molar-refractivity contribution in [3.05, 3.63) is 51.1 Å².